The number of hydrogen-bond acceptors (Lipinski definition) is 2. The number of carbonyl (C=O) groups is 1. The molecule has 2 rings (SSSR count). The van der Waals surface area contributed by atoms with Gasteiger partial charge in [-0.15, -0.1) is 0 Å². The van der Waals surface area contributed by atoms with Gasteiger partial charge in [0.1, 0.15) is 5.75 Å². The molecule has 3 nitrogen and oxygen atoms in total. The molecule has 0 fully saturated rings. The molecule has 0 aliphatic rings. The Balaban J connectivity index is 2.45. The van der Waals surface area contributed by atoms with Gasteiger partial charge in [-0.1, -0.05) is 49.4 Å². The quantitative estimate of drug-likeness (QED) is 0.623. The van der Waals surface area contributed by atoms with Crippen molar-refractivity contribution in [2.24, 2.45) is 0 Å². The van der Waals surface area contributed by atoms with E-state index in [4.69, 9.17) is 4.74 Å². The molecule has 0 aliphatic carbocycles. The van der Waals surface area contributed by atoms with Gasteiger partial charge in [0, 0.05) is 5.56 Å². The highest BCUT2D eigenvalue weighted by Crippen LogP contribution is 2.26. The molecule has 0 amide bonds. The molecular weight excluding hydrogens is 288 g/mol. The number of aryl methyl sites for hydroxylation is 1. The second-order valence-corrected chi connectivity index (χ2v) is 5.62. The molecule has 0 aromatic heterocycles. The number of hydrogen-bond donors (Lipinski definition) is 1. The van der Waals surface area contributed by atoms with Crippen LogP contribution in [0.4, 0.5) is 0 Å². The molecule has 2 aromatic rings. The lowest BCUT2D eigenvalue weighted by atomic mass is 10.0. The molecule has 0 atom stereocenters. The highest BCUT2D eigenvalue weighted by molar-refractivity contribution is 6.20. The molecule has 0 spiro atoms. The van der Waals surface area contributed by atoms with Gasteiger partial charge in [0.15, 0.2) is 0 Å². The summed E-state index contributed by atoms with van der Waals surface area (Å²) in [6.45, 7) is 5.96. The predicted octanol–water partition coefficient (Wildman–Crippen LogP) is 4.66. The van der Waals surface area contributed by atoms with Crippen LogP contribution in [0, 0.1) is 0 Å². The summed E-state index contributed by atoms with van der Waals surface area (Å²) in [6, 6.07) is 15.1. The van der Waals surface area contributed by atoms with Crippen LogP contribution in [0.1, 0.15) is 37.5 Å². The molecule has 0 saturated carbocycles. The van der Waals surface area contributed by atoms with Gasteiger partial charge < -0.3 is 9.84 Å². The second-order valence-electron chi connectivity index (χ2n) is 5.62. The van der Waals surface area contributed by atoms with E-state index >= 15 is 0 Å². The molecule has 120 valence electrons. The average Bonchev–Trinajstić information content (AvgIpc) is 2.53. The van der Waals surface area contributed by atoms with Crippen molar-refractivity contribution in [2.75, 3.05) is 0 Å². The van der Waals surface area contributed by atoms with E-state index in [-0.39, 0.29) is 11.7 Å². The van der Waals surface area contributed by atoms with Gasteiger partial charge in [0.25, 0.3) is 0 Å². The summed E-state index contributed by atoms with van der Waals surface area (Å²) in [4.78, 5) is 11.7. The minimum absolute atomic E-state index is 0.0293. The fourth-order valence-electron chi connectivity index (χ4n) is 2.31. The number of carboxylic acid groups (broad SMARTS) is 1. The van der Waals surface area contributed by atoms with E-state index in [1.807, 2.05) is 62.4 Å². The summed E-state index contributed by atoms with van der Waals surface area (Å²) >= 11 is 0. The van der Waals surface area contributed by atoms with Crippen molar-refractivity contribution in [3.05, 3.63) is 65.2 Å². The molecule has 2 aromatic carbocycles. The zero-order valence-electron chi connectivity index (χ0n) is 13.7. The predicted molar refractivity (Wildman–Crippen MR) is 93.5 cm³/mol. The van der Waals surface area contributed by atoms with Crippen LogP contribution in [0.3, 0.4) is 0 Å². The number of benzene rings is 2. The van der Waals surface area contributed by atoms with Crippen LogP contribution in [0.5, 0.6) is 5.75 Å². The minimum Gasteiger partial charge on any atom is -0.490 e. The number of carboxylic acids is 1. The van der Waals surface area contributed by atoms with Crippen LogP contribution in [0.15, 0.2) is 48.5 Å². The molecular formula is C20H22O3. The molecule has 0 saturated heterocycles. The van der Waals surface area contributed by atoms with Crippen molar-refractivity contribution in [3.63, 3.8) is 0 Å². The van der Waals surface area contributed by atoms with E-state index in [9.17, 15) is 9.90 Å². The van der Waals surface area contributed by atoms with Gasteiger partial charge in [-0.2, -0.15) is 0 Å². The van der Waals surface area contributed by atoms with Gasteiger partial charge in [0.2, 0.25) is 0 Å². The fraction of sp³-hybridized carbons (Fsp3) is 0.250. The lowest BCUT2D eigenvalue weighted by Crippen LogP contribution is -2.07. The van der Waals surface area contributed by atoms with E-state index in [0.717, 1.165) is 12.0 Å². The van der Waals surface area contributed by atoms with E-state index in [0.29, 0.717) is 11.3 Å². The molecule has 0 unspecified atom stereocenters. The molecule has 0 bridgehead atoms. The van der Waals surface area contributed by atoms with Crippen molar-refractivity contribution >= 4 is 17.6 Å². The third-order valence-corrected chi connectivity index (χ3v) is 3.49. The van der Waals surface area contributed by atoms with Crippen molar-refractivity contribution in [3.8, 4) is 5.75 Å². The van der Waals surface area contributed by atoms with Gasteiger partial charge in [-0.05, 0) is 43.5 Å². The van der Waals surface area contributed by atoms with Gasteiger partial charge in [-0.3, -0.25) is 0 Å². The molecule has 1 N–H and O–H groups in total. The van der Waals surface area contributed by atoms with Crippen LogP contribution in [0.25, 0.3) is 11.6 Å². The molecule has 3 heteroatoms. The van der Waals surface area contributed by atoms with Crippen molar-refractivity contribution in [1.29, 1.82) is 0 Å². The molecule has 0 radical (unpaired) electrons. The molecule has 0 aliphatic heterocycles. The minimum atomic E-state index is -0.950. The van der Waals surface area contributed by atoms with Crippen molar-refractivity contribution in [2.45, 2.75) is 33.3 Å². The number of ether oxygens (including phenoxy) is 1. The molecule has 0 heterocycles. The summed E-state index contributed by atoms with van der Waals surface area (Å²) in [7, 11) is 0. The zero-order valence-corrected chi connectivity index (χ0v) is 13.7. The summed E-state index contributed by atoms with van der Waals surface area (Å²) in [5, 5.41) is 9.58. The van der Waals surface area contributed by atoms with Gasteiger partial charge in [0.05, 0.1) is 11.7 Å². The first-order valence-electron chi connectivity index (χ1n) is 7.81. The number of aliphatic carboxylic acids is 1. The Morgan fingerprint density at radius 1 is 1.13 bits per heavy atom. The van der Waals surface area contributed by atoms with Crippen LogP contribution in [-0.4, -0.2) is 17.2 Å². The Bertz CT molecular complexity index is 697. The Morgan fingerprint density at radius 2 is 1.78 bits per heavy atom. The summed E-state index contributed by atoms with van der Waals surface area (Å²) < 4.78 is 5.76. The van der Waals surface area contributed by atoms with Crippen LogP contribution in [0.2, 0.25) is 0 Å². The standard InChI is InChI=1S/C20H22O3/c1-4-15-9-11-16(12-10-15)18(20(21)22)13-17-7-5-6-8-19(17)23-14(2)3/h5-14H,4H2,1-3H3,(H,21,22)/b18-13-. The lowest BCUT2D eigenvalue weighted by Gasteiger charge is -2.13. The van der Waals surface area contributed by atoms with E-state index in [1.165, 1.54) is 5.56 Å². The van der Waals surface area contributed by atoms with E-state index in [1.54, 1.807) is 6.08 Å². The Labute approximate surface area is 137 Å². The maximum absolute atomic E-state index is 11.7. The van der Waals surface area contributed by atoms with Crippen LogP contribution < -0.4 is 4.74 Å². The first kappa shape index (κ1) is 16.8. The summed E-state index contributed by atoms with van der Waals surface area (Å²) in [5.41, 5.74) is 2.89. The maximum Gasteiger partial charge on any atom is 0.336 e. The SMILES string of the molecule is CCc1ccc(/C(=C/c2ccccc2OC(C)C)C(=O)O)cc1. The maximum atomic E-state index is 11.7. The second kappa shape index (κ2) is 7.63. The van der Waals surface area contributed by atoms with Crippen molar-refractivity contribution in [1.82, 2.24) is 0 Å². The van der Waals surface area contributed by atoms with Gasteiger partial charge >= 0.3 is 5.97 Å². The third kappa shape index (κ3) is 4.46. The summed E-state index contributed by atoms with van der Waals surface area (Å²) in [5.74, 6) is -0.264. The Kier molecular flexibility index (Phi) is 5.58. The van der Waals surface area contributed by atoms with Crippen molar-refractivity contribution < 1.29 is 14.6 Å². The molecule has 23 heavy (non-hydrogen) atoms. The first-order valence-corrected chi connectivity index (χ1v) is 7.81. The van der Waals surface area contributed by atoms with Crippen LogP contribution in [-0.2, 0) is 11.2 Å². The summed E-state index contributed by atoms with van der Waals surface area (Å²) in [6.07, 6.45) is 2.63. The van der Waals surface area contributed by atoms with E-state index < -0.39 is 5.97 Å². The smallest absolute Gasteiger partial charge is 0.336 e. The van der Waals surface area contributed by atoms with Crippen LogP contribution >= 0.6 is 0 Å². The topological polar surface area (TPSA) is 46.5 Å². The zero-order chi connectivity index (χ0) is 16.8. The van der Waals surface area contributed by atoms with E-state index in [2.05, 4.69) is 6.92 Å². The Morgan fingerprint density at radius 3 is 2.35 bits per heavy atom. The highest BCUT2D eigenvalue weighted by atomic mass is 16.5. The third-order valence-electron chi connectivity index (χ3n) is 3.49. The monoisotopic (exact) mass is 310 g/mol. The largest absolute Gasteiger partial charge is 0.490 e. The first-order chi connectivity index (χ1) is 11.0. The lowest BCUT2D eigenvalue weighted by molar-refractivity contribution is -0.130. The number of para-hydroxylation sites is 1. The number of rotatable bonds is 6. The fourth-order valence-corrected chi connectivity index (χ4v) is 2.31. The Hall–Kier alpha value is -2.55. The average molecular weight is 310 g/mol. The van der Waals surface area contributed by atoms with Gasteiger partial charge in [-0.25, -0.2) is 4.79 Å². The normalized spacial score (nSPS) is 11.6. The highest BCUT2D eigenvalue weighted by Gasteiger charge is 2.12.